The van der Waals surface area contributed by atoms with Crippen molar-refractivity contribution >= 4 is 22.9 Å². The average Bonchev–Trinajstić information content (AvgIpc) is 3.16. The molecule has 0 saturated heterocycles. The Morgan fingerprint density at radius 3 is 3.00 bits per heavy atom. The molecule has 0 fully saturated rings. The zero-order chi connectivity index (χ0) is 20.2. The molecule has 1 amide bonds. The van der Waals surface area contributed by atoms with E-state index in [4.69, 9.17) is 4.74 Å². The number of hydrogen-bond acceptors (Lipinski definition) is 5. The van der Waals surface area contributed by atoms with Crippen molar-refractivity contribution in [1.82, 2.24) is 10.3 Å². The van der Waals surface area contributed by atoms with Gasteiger partial charge < -0.3 is 15.0 Å². The fourth-order valence-electron chi connectivity index (χ4n) is 3.59. The predicted molar refractivity (Wildman–Crippen MR) is 117 cm³/mol. The fourth-order valence-corrected chi connectivity index (χ4v) is 4.19. The molecule has 29 heavy (non-hydrogen) atoms. The van der Waals surface area contributed by atoms with Crippen LogP contribution in [0.3, 0.4) is 0 Å². The van der Waals surface area contributed by atoms with Gasteiger partial charge in [0.25, 0.3) is 5.91 Å². The highest BCUT2D eigenvalue weighted by Crippen LogP contribution is 2.26. The van der Waals surface area contributed by atoms with Crippen LogP contribution >= 0.6 is 11.3 Å². The van der Waals surface area contributed by atoms with Crippen molar-refractivity contribution in [2.45, 2.75) is 32.9 Å². The Hall–Kier alpha value is -2.86. The van der Waals surface area contributed by atoms with Crippen molar-refractivity contribution in [3.05, 3.63) is 75.2 Å². The number of nitrogens with zero attached hydrogens (tertiary/aromatic N) is 2. The zero-order valence-electron chi connectivity index (χ0n) is 16.8. The van der Waals surface area contributed by atoms with E-state index in [0.29, 0.717) is 24.5 Å². The Kier molecular flexibility index (Phi) is 5.81. The number of fused-ring (bicyclic) bond motifs is 1. The molecule has 0 unspecified atom stereocenters. The minimum atomic E-state index is -0.102. The molecule has 2 heterocycles. The number of anilines is 1. The van der Waals surface area contributed by atoms with E-state index >= 15 is 0 Å². The number of rotatable bonds is 6. The van der Waals surface area contributed by atoms with Crippen molar-refractivity contribution in [2.75, 3.05) is 18.5 Å². The Morgan fingerprint density at radius 1 is 1.28 bits per heavy atom. The van der Waals surface area contributed by atoms with Gasteiger partial charge in [0.1, 0.15) is 12.4 Å². The molecular weight excluding hydrogens is 382 g/mol. The standard InChI is InChI=1S/C23H25N3O2S/c1-16-25-20(15-29-16)14-28-21-7-3-5-19(12-21)23(27)24-13-17-8-9-22-18(11-17)6-4-10-26(22)2/h3,5,7-9,11-12,15H,4,6,10,13-14H2,1-2H3,(H,24,27). The molecule has 0 spiro atoms. The number of ether oxygens (including phenoxy) is 1. The molecule has 1 N–H and O–H groups in total. The first kappa shape index (κ1) is 19.5. The molecule has 5 nitrogen and oxygen atoms in total. The first-order chi connectivity index (χ1) is 14.1. The van der Waals surface area contributed by atoms with Gasteiger partial charge in [0.05, 0.1) is 10.7 Å². The van der Waals surface area contributed by atoms with Gasteiger partial charge in [-0.15, -0.1) is 11.3 Å². The molecule has 0 saturated carbocycles. The predicted octanol–water partition coefficient (Wildman–Crippen LogP) is 4.34. The normalized spacial score (nSPS) is 13.1. The van der Waals surface area contributed by atoms with Gasteiger partial charge in [-0.1, -0.05) is 18.2 Å². The largest absolute Gasteiger partial charge is 0.487 e. The molecule has 1 aliphatic heterocycles. The summed E-state index contributed by atoms with van der Waals surface area (Å²) in [5.41, 5.74) is 5.28. The summed E-state index contributed by atoms with van der Waals surface area (Å²) in [6.07, 6.45) is 2.27. The average molecular weight is 408 g/mol. The maximum absolute atomic E-state index is 12.6. The van der Waals surface area contributed by atoms with Crippen molar-refractivity contribution in [3.8, 4) is 5.75 Å². The molecule has 2 aromatic carbocycles. The maximum Gasteiger partial charge on any atom is 0.251 e. The lowest BCUT2D eigenvalue weighted by atomic mass is 9.99. The smallest absolute Gasteiger partial charge is 0.251 e. The number of carbonyl (C=O) groups is 1. The lowest BCUT2D eigenvalue weighted by molar-refractivity contribution is 0.0950. The topological polar surface area (TPSA) is 54.5 Å². The summed E-state index contributed by atoms with van der Waals surface area (Å²) in [6.45, 7) is 3.99. The van der Waals surface area contributed by atoms with Crippen molar-refractivity contribution in [2.24, 2.45) is 0 Å². The lowest BCUT2D eigenvalue weighted by Gasteiger charge is -2.27. The molecule has 6 heteroatoms. The van der Waals surface area contributed by atoms with Gasteiger partial charge in [-0.3, -0.25) is 4.79 Å². The molecule has 4 rings (SSSR count). The quantitative estimate of drug-likeness (QED) is 0.660. The SMILES string of the molecule is Cc1nc(COc2cccc(C(=O)NCc3ccc4c(c3)CCCN4C)c2)cs1. The van der Waals surface area contributed by atoms with Crippen molar-refractivity contribution < 1.29 is 9.53 Å². The molecule has 0 aliphatic carbocycles. The first-order valence-electron chi connectivity index (χ1n) is 9.83. The minimum absolute atomic E-state index is 0.102. The lowest BCUT2D eigenvalue weighted by Crippen LogP contribution is -2.25. The highest BCUT2D eigenvalue weighted by Gasteiger charge is 2.14. The summed E-state index contributed by atoms with van der Waals surface area (Å²) in [4.78, 5) is 19.3. The molecule has 1 aliphatic rings. The van der Waals surface area contributed by atoms with E-state index in [9.17, 15) is 4.79 Å². The van der Waals surface area contributed by atoms with Crippen LogP contribution in [0.25, 0.3) is 0 Å². The van der Waals surface area contributed by atoms with E-state index in [1.807, 2.05) is 24.4 Å². The Balaban J connectivity index is 1.36. The minimum Gasteiger partial charge on any atom is -0.487 e. The van der Waals surface area contributed by atoms with Gasteiger partial charge in [-0.05, 0) is 55.2 Å². The second-order valence-electron chi connectivity index (χ2n) is 7.35. The maximum atomic E-state index is 12.6. The van der Waals surface area contributed by atoms with E-state index in [2.05, 4.69) is 40.4 Å². The molecular formula is C23H25N3O2S. The van der Waals surface area contributed by atoms with Crippen LogP contribution in [0.2, 0.25) is 0 Å². The number of hydrogen-bond donors (Lipinski definition) is 1. The third kappa shape index (κ3) is 4.77. The number of aryl methyl sites for hydroxylation is 2. The van der Waals surface area contributed by atoms with Crippen LogP contribution in [-0.2, 0) is 19.6 Å². The summed E-state index contributed by atoms with van der Waals surface area (Å²) in [5.74, 6) is 0.565. The van der Waals surface area contributed by atoms with E-state index < -0.39 is 0 Å². The number of thiazole rings is 1. The molecule has 0 radical (unpaired) electrons. The zero-order valence-corrected chi connectivity index (χ0v) is 17.6. The van der Waals surface area contributed by atoms with E-state index in [1.165, 1.54) is 17.7 Å². The van der Waals surface area contributed by atoms with Crippen molar-refractivity contribution in [3.63, 3.8) is 0 Å². The molecule has 150 valence electrons. The van der Waals surface area contributed by atoms with Gasteiger partial charge in [-0.25, -0.2) is 4.98 Å². The first-order valence-corrected chi connectivity index (χ1v) is 10.7. The summed E-state index contributed by atoms with van der Waals surface area (Å²) in [7, 11) is 2.13. The second-order valence-corrected chi connectivity index (χ2v) is 8.41. The fraction of sp³-hybridized carbons (Fsp3) is 0.304. The van der Waals surface area contributed by atoms with Crippen LogP contribution in [-0.4, -0.2) is 24.5 Å². The Bertz CT molecular complexity index is 1010. The summed E-state index contributed by atoms with van der Waals surface area (Å²) < 4.78 is 5.79. The second kappa shape index (κ2) is 8.66. The Morgan fingerprint density at radius 2 is 2.17 bits per heavy atom. The number of carbonyl (C=O) groups excluding carboxylic acids is 1. The summed E-state index contributed by atoms with van der Waals surface area (Å²) >= 11 is 1.60. The van der Waals surface area contributed by atoms with Crippen LogP contribution in [0.5, 0.6) is 5.75 Å². The number of benzene rings is 2. The van der Waals surface area contributed by atoms with Gasteiger partial charge in [0.15, 0.2) is 0 Å². The van der Waals surface area contributed by atoms with Crippen LogP contribution in [0, 0.1) is 6.92 Å². The Labute approximate surface area is 175 Å². The number of nitrogens with one attached hydrogen (secondary N) is 1. The van der Waals surface area contributed by atoms with E-state index in [-0.39, 0.29) is 5.91 Å². The number of aromatic nitrogens is 1. The van der Waals surface area contributed by atoms with Gasteiger partial charge in [0, 0.05) is 36.8 Å². The van der Waals surface area contributed by atoms with Crippen LogP contribution < -0.4 is 15.0 Å². The van der Waals surface area contributed by atoms with Crippen LogP contribution in [0.4, 0.5) is 5.69 Å². The highest BCUT2D eigenvalue weighted by molar-refractivity contribution is 7.09. The van der Waals surface area contributed by atoms with E-state index in [0.717, 1.165) is 29.2 Å². The molecule has 3 aromatic rings. The molecule has 0 atom stereocenters. The van der Waals surface area contributed by atoms with Gasteiger partial charge in [0.2, 0.25) is 0 Å². The highest BCUT2D eigenvalue weighted by atomic mass is 32.1. The summed E-state index contributed by atoms with van der Waals surface area (Å²) in [5, 5.41) is 6.03. The molecule has 0 bridgehead atoms. The molecule has 1 aromatic heterocycles. The van der Waals surface area contributed by atoms with Crippen LogP contribution in [0.1, 0.15) is 38.6 Å². The van der Waals surface area contributed by atoms with Crippen molar-refractivity contribution in [1.29, 1.82) is 0 Å². The third-order valence-corrected chi connectivity index (χ3v) is 5.92. The van der Waals surface area contributed by atoms with Crippen LogP contribution in [0.15, 0.2) is 47.8 Å². The van der Waals surface area contributed by atoms with E-state index in [1.54, 1.807) is 23.5 Å². The summed E-state index contributed by atoms with van der Waals surface area (Å²) in [6, 6.07) is 13.7. The monoisotopic (exact) mass is 407 g/mol. The van der Waals surface area contributed by atoms with Gasteiger partial charge in [-0.2, -0.15) is 0 Å². The number of amides is 1. The third-order valence-electron chi connectivity index (χ3n) is 5.10. The van der Waals surface area contributed by atoms with Gasteiger partial charge >= 0.3 is 0 Å².